The molecule has 0 aromatic carbocycles. The van der Waals surface area contributed by atoms with Crippen molar-refractivity contribution >= 4 is 11.9 Å². The number of likely N-dealkylation sites (tertiary alicyclic amines) is 1. The highest BCUT2D eigenvalue weighted by Gasteiger charge is 2.40. The lowest BCUT2D eigenvalue weighted by Gasteiger charge is -2.37. The van der Waals surface area contributed by atoms with Crippen LogP contribution in [0.5, 0.6) is 5.88 Å². The van der Waals surface area contributed by atoms with E-state index in [9.17, 15) is 14.7 Å². The Balaban J connectivity index is 2.26. The average Bonchev–Trinajstić information content (AvgIpc) is 2.46. The van der Waals surface area contributed by atoms with E-state index in [1.807, 2.05) is 6.92 Å². The molecular weight excluding hydrogens is 272 g/mol. The van der Waals surface area contributed by atoms with Crippen molar-refractivity contribution < 1.29 is 19.4 Å². The summed E-state index contributed by atoms with van der Waals surface area (Å²) in [6.45, 7) is 4.26. The van der Waals surface area contributed by atoms with Gasteiger partial charge in [0.25, 0.3) is 5.91 Å². The number of aryl methyl sites for hydroxylation is 1. The number of carboxylic acids is 1. The van der Waals surface area contributed by atoms with E-state index in [2.05, 4.69) is 4.98 Å². The summed E-state index contributed by atoms with van der Waals surface area (Å²) in [5.74, 6) is -0.817. The lowest BCUT2D eigenvalue weighted by Crippen LogP contribution is -2.48. The fourth-order valence-corrected chi connectivity index (χ4v) is 2.61. The SMILES string of the molecule is COc1nc(C)ccc1C(=O)N1CCCC(C)(C(=O)O)C1. The molecule has 0 spiro atoms. The predicted molar refractivity (Wildman–Crippen MR) is 76.4 cm³/mol. The largest absolute Gasteiger partial charge is 0.481 e. The van der Waals surface area contributed by atoms with Gasteiger partial charge in [0, 0.05) is 18.8 Å². The number of carbonyl (C=O) groups is 2. The van der Waals surface area contributed by atoms with Crippen LogP contribution in [0.15, 0.2) is 12.1 Å². The van der Waals surface area contributed by atoms with Crippen LogP contribution in [0.4, 0.5) is 0 Å². The standard InChI is InChI=1S/C15H20N2O4/c1-10-5-6-11(12(16-10)21-3)13(18)17-8-4-7-15(2,9-17)14(19)20/h5-6H,4,7-9H2,1-3H3,(H,19,20). The molecule has 6 heteroatoms. The second-order valence-corrected chi connectivity index (χ2v) is 5.71. The highest BCUT2D eigenvalue weighted by atomic mass is 16.5. The van der Waals surface area contributed by atoms with Crippen LogP contribution in [0, 0.1) is 12.3 Å². The smallest absolute Gasteiger partial charge is 0.311 e. The summed E-state index contributed by atoms with van der Waals surface area (Å²) >= 11 is 0. The van der Waals surface area contributed by atoms with Crippen molar-refractivity contribution in [3.63, 3.8) is 0 Å². The molecule has 0 aliphatic carbocycles. The number of piperidine rings is 1. The van der Waals surface area contributed by atoms with Gasteiger partial charge in [-0.2, -0.15) is 0 Å². The number of hydrogen-bond acceptors (Lipinski definition) is 4. The molecule has 1 saturated heterocycles. The Kier molecular flexibility index (Phi) is 4.16. The van der Waals surface area contributed by atoms with E-state index >= 15 is 0 Å². The number of hydrogen-bond donors (Lipinski definition) is 1. The molecule has 1 aliphatic rings. The molecule has 1 aliphatic heterocycles. The molecule has 1 aromatic heterocycles. The molecule has 1 atom stereocenters. The Labute approximate surface area is 123 Å². The number of pyridine rings is 1. The molecule has 2 rings (SSSR count). The normalized spacial score (nSPS) is 22.0. The molecule has 1 unspecified atom stereocenters. The van der Waals surface area contributed by atoms with Gasteiger partial charge in [0.05, 0.1) is 12.5 Å². The first-order chi connectivity index (χ1) is 9.87. The maximum absolute atomic E-state index is 12.6. The van der Waals surface area contributed by atoms with Gasteiger partial charge < -0.3 is 14.7 Å². The topological polar surface area (TPSA) is 79.7 Å². The third-order valence-corrected chi connectivity index (χ3v) is 3.92. The van der Waals surface area contributed by atoms with E-state index < -0.39 is 11.4 Å². The van der Waals surface area contributed by atoms with Crippen LogP contribution in [0.1, 0.15) is 35.8 Å². The first kappa shape index (κ1) is 15.3. The summed E-state index contributed by atoms with van der Waals surface area (Å²) in [5, 5.41) is 9.33. The zero-order valence-electron chi connectivity index (χ0n) is 12.5. The van der Waals surface area contributed by atoms with Gasteiger partial charge in [0.1, 0.15) is 5.56 Å². The van der Waals surface area contributed by atoms with E-state index in [0.29, 0.717) is 24.9 Å². The van der Waals surface area contributed by atoms with Crippen LogP contribution in [-0.2, 0) is 4.79 Å². The first-order valence-corrected chi connectivity index (χ1v) is 6.92. The van der Waals surface area contributed by atoms with Crippen molar-refractivity contribution in [2.75, 3.05) is 20.2 Å². The number of carbonyl (C=O) groups excluding carboxylic acids is 1. The zero-order chi connectivity index (χ0) is 15.6. The Morgan fingerprint density at radius 1 is 1.43 bits per heavy atom. The lowest BCUT2D eigenvalue weighted by molar-refractivity contribution is -0.150. The molecule has 2 heterocycles. The molecule has 114 valence electrons. The van der Waals surface area contributed by atoms with Crippen molar-refractivity contribution in [3.05, 3.63) is 23.4 Å². The number of methoxy groups -OCH3 is 1. The summed E-state index contributed by atoms with van der Waals surface area (Å²) in [6, 6.07) is 3.42. The van der Waals surface area contributed by atoms with Gasteiger partial charge >= 0.3 is 5.97 Å². The monoisotopic (exact) mass is 292 g/mol. The third kappa shape index (κ3) is 2.99. The maximum atomic E-state index is 12.6. The summed E-state index contributed by atoms with van der Waals surface area (Å²) in [4.78, 5) is 29.8. The molecule has 0 bridgehead atoms. The second kappa shape index (κ2) is 5.71. The van der Waals surface area contributed by atoms with E-state index in [1.165, 1.54) is 7.11 Å². The van der Waals surface area contributed by atoms with E-state index in [1.54, 1.807) is 24.0 Å². The van der Waals surface area contributed by atoms with Gasteiger partial charge in [-0.3, -0.25) is 9.59 Å². The highest BCUT2D eigenvalue weighted by Crippen LogP contribution is 2.31. The van der Waals surface area contributed by atoms with Crippen molar-refractivity contribution in [2.24, 2.45) is 5.41 Å². The van der Waals surface area contributed by atoms with E-state index in [-0.39, 0.29) is 18.3 Å². The summed E-state index contributed by atoms with van der Waals surface area (Å²) in [7, 11) is 1.47. The van der Waals surface area contributed by atoms with Gasteiger partial charge in [-0.15, -0.1) is 0 Å². The molecular formula is C15H20N2O4. The van der Waals surface area contributed by atoms with E-state index in [4.69, 9.17) is 4.74 Å². The summed E-state index contributed by atoms with van der Waals surface area (Å²) < 4.78 is 5.16. The van der Waals surface area contributed by atoms with Gasteiger partial charge in [0.15, 0.2) is 0 Å². The number of aromatic nitrogens is 1. The molecule has 1 N–H and O–H groups in total. The Hall–Kier alpha value is -2.11. The van der Waals surface area contributed by atoms with Crippen molar-refractivity contribution in [1.29, 1.82) is 0 Å². The first-order valence-electron chi connectivity index (χ1n) is 6.92. The maximum Gasteiger partial charge on any atom is 0.311 e. The third-order valence-electron chi connectivity index (χ3n) is 3.92. The summed E-state index contributed by atoms with van der Waals surface area (Å²) in [6.07, 6.45) is 1.26. The molecule has 0 radical (unpaired) electrons. The van der Waals surface area contributed by atoms with Crippen LogP contribution < -0.4 is 4.74 Å². The fraction of sp³-hybridized carbons (Fsp3) is 0.533. The molecule has 1 aromatic rings. The van der Waals surface area contributed by atoms with Gasteiger partial charge in [-0.05, 0) is 38.8 Å². The van der Waals surface area contributed by atoms with E-state index in [0.717, 1.165) is 5.69 Å². The highest BCUT2D eigenvalue weighted by molar-refractivity contribution is 5.96. The lowest BCUT2D eigenvalue weighted by atomic mass is 9.82. The number of ether oxygens (including phenoxy) is 1. The van der Waals surface area contributed by atoms with Crippen LogP contribution in [0.3, 0.4) is 0 Å². The molecule has 1 amide bonds. The quantitative estimate of drug-likeness (QED) is 0.917. The Bertz CT molecular complexity index is 573. The Morgan fingerprint density at radius 2 is 2.14 bits per heavy atom. The fourth-order valence-electron chi connectivity index (χ4n) is 2.61. The molecule has 1 fully saturated rings. The Morgan fingerprint density at radius 3 is 2.76 bits per heavy atom. The number of rotatable bonds is 3. The summed E-state index contributed by atoms with van der Waals surface area (Å²) in [5.41, 5.74) is 0.245. The minimum absolute atomic E-state index is 0.207. The van der Waals surface area contributed by atoms with Crippen LogP contribution in [-0.4, -0.2) is 47.1 Å². The average molecular weight is 292 g/mol. The number of aliphatic carboxylic acids is 1. The van der Waals surface area contributed by atoms with Crippen molar-refractivity contribution in [2.45, 2.75) is 26.7 Å². The van der Waals surface area contributed by atoms with Crippen LogP contribution in [0.2, 0.25) is 0 Å². The zero-order valence-corrected chi connectivity index (χ0v) is 12.5. The minimum atomic E-state index is -0.890. The van der Waals surface area contributed by atoms with Gasteiger partial charge in [0.2, 0.25) is 5.88 Å². The molecule has 0 saturated carbocycles. The minimum Gasteiger partial charge on any atom is -0.481 e. The van der Waals surface area contributed by atoms with Gasteiger partial charge in [-0.25, -0.2) is 4.98 Å². The molecule has 21 heavy (non-hydrogen) atoms. The van der Waals surface area contributed by atoms with Crippen LogP contribution >= 0.6 is 0 Å². The number of nitrogens with zero attached hydrogens (tertiary/aromatic N) is 2. The number of amides is 1. The predicted octanol–water partition coefficient (Wildman–Crippen LogP) is 1.73. The second-order valence-electron chi connectivity index (χ2n) is 5.71. The van der Waals surface area contributed by atoms with Crippen molar-refractivity contribution in [3.8, 4) is 5.88 Å². The van der Waals surface area contributed by atoms with Crippen molar-refractivity contribution in [1.82, 2.24) is 9.88 Å². The van der Waals surface area contributed by atoms with Crippen LogP contribution in [0.25, 0.3) is 0 Å². The number of carboxylic acid groups (broad SMARTS) is 1. The van der Waals surface area contributed by atoms with Gasteiger partial charge in [-0.1, -0.05) is 0 Å². The molecule has 6 nitrogen and oxygen atoms in total.